The molecule has 0 aliphatic carbocycles. The van der Waals surface area contributed by atoms with E-state index in [4.69, 9.17) is 0 Å². The number of rotatable bonds is 1. The Morgan fingerprint density at radius 1 is 1.24 bits per heavy atom. The first kappa shape index (κ1) is 10.2. The summed E-state index contributed by atoms with van der Waals surface area (Å²) in [7, 11) is 0. The second-order valence-electron chi connectivity index (χ2n) is 4.00. The topological polar surface area (TPSA) is 70.7 Å². The predicted octanol–water partition coefficient (Wildman–Crippen LogP) is 0.478. The number of pyridine rings is 1. The molecule has 0 aromatic carbocycles. The second kappa shape index (κ2) is 4.10. The molecular formula is C12H12N4O. The van der Waals surface area contributed by atoms with Gasteiger partial charge in [-0.05, 0) is 25.1 Å². The molecule has 0 amide bonds. The first-order valence-corrected chi connectivity index (χ1v) is 5.58. The molecule has 0 atom stereocenters. The molecule has 2 N–H and O–H groups in total. The van der Waals surface area contributed by atoms with Gasteiger partial charge in [-0.3, -0.25) is 9.78 Å². The van der Waals surface area contributed by atoms with E-state index in [0.29, 0.717) is 12.4 Å². The van der Waals surface area contributed by atoms with Crippen LogP contribution in [-0.4, -0.2) is 21.5 Å². The predicted molar refractivity (Wildman–Crippen MR) is 63.5 cm³/mol. The van der Waals surface area contributed by atoms with Crippen LogP contribution in [0.3, 0.4) is 0 Å². The molecule has 0 unspecified atom stereocenters. The zero-order chi connectivity index (χ0) is 11.7. The van der Waals surface area contributed by atoms with Gasteiger partial charge < -0.3 is 10.3 Å². The first-order chi connectivity index (χ1) is 8.34. The fourth-order valence-corrected chi connectivity index (χ4v) is 2.02. The third-order valence-corrected chi connectivity index (χ3v) is 2.90. The maximum absolute atomic E-state index is 11.9. The van der Waals surface area contributed by atoms with Gasteiger partial charge in [0.1, 0.15) is 5.82 Å². The van der Waals surface area contributed by atoms with Crippen LogP contribution in [0.15, 0.2) is 29.3 Å². The minimum atomic E-state index is -0.0247. The van der Waals surface area contributed by atoms with Crippen molar-refractivity contribution in [2.45, 2.75) is 13.0 Å². The molecule has 0 spiro atoms. The molecular weight excluding hydrogens is 216 g/mol. The number of aromatic amines is 1. The van der Waals surface area contributed by atoms with Crippen molar-refractivity contribution in [2.75, 3.05) is 6.54 Å². The molecule has 0 saturated carbocycles. The monoisotopic (exact) mass is 228 g/mol. The van der Waals surface area contributed by atoms with Crippen molar-refractivity contribution in [3.05, 3.63) is 46.1 Å². The second-order valence-corrected chi connectivity index (χ2v) is 4.00. The average Bonchev–Trinajstić information content (AvgIpc) is 2.40. The zero-order valence-corrected chi connectivity index (χ0v) is 9.23. The highest BCUT2D eigenvalue weighted by Crippen LogP contribution is 2.14. The van der Waals surface area contributed by atoms with Gasteiger partial charge in [0.2, 0.25) is 0 Å². The van der Waals surface area contributed by atoms with Gasteiger partial charge in [0.05, 0.1) is 5.69 Å². The summed E-state index contributed by atoms with van der Waals surface area (Å²) in [6.45, 7) is 1.50. The SMILES string of the molecule is O=c1[nH]c(-c2ccncc2)nc2c1CCNC2. The Morgan fingerprint density at radius 3 is 2.88 bits per heavy atom. The molecule has 0 radical (unpaired) electrons. The molecule has 0 fully saturated rings. The van der Waals surface area contributed by atoms with Crippen LogP contribution in [0.2, 0.25) is 0 Å². The Hall–Kier alpha value is -2.01. The number of nitrogens with zero attached hydrogens (tertiary/aromatic N) is 2. The minimum absolute atomic E-state index is 0.0247. The number of H-pyrrole nitrogens is 1. The minimum Gasteiger partial charge on any atom is -0.311 e. The van der Waals surface area contributed by atoms with Crippen molar-refractivity contribution in [3.8, 4) is 11.4 Å². The van der Waals surface area contributed by atoms with Crippen molar-refractivity contribution in [1.29, 1.82) is 0 Å². The normalized spacial score (nSPS) is 14.4. The van der Waals surface area contributed by atoms with Gasteiger partial charge in [-0.25, -0.2) is 4.98 Å². The summed E-state index contributed by atoms with van der Waals surface area (Å²) in [6, 6.07) is 3.67. The third kappa shape index (κ3) is 1.85. The zero-order valence-electron chi connectivity index (χ0n) is 9.23. The van der Waals surface area contributed by atoms with E-state index in [-0.39, 0.29) is 5.56 Å². The molecule has 1 aliphatic rings. The van der Waals surface area contributed by atoms with E-state index in [0.717, 1.165) is 29.8 Å². The Balaban J connectivity index is 2.14. The highest BCUT2D eigenvalue weighted by Gasteiger charge is 2.15. The summed E-state index contributed by atoms with van der Waals surface area (Å²) in [4.78, 5) is 23.2. The van der Waals surface area contributed by atoms with Gasteiger partial charge in [0, 0.05) is 30.1 Å². The standard InChI is InChI=1S/C12H12N4O/c17-12-9-3-6-14-7-10(9)15-11(16-12)8-1-4-13-5-2-8/h1-2,4-5,14H,3,6-7H2,(H,15,16,17). The van der Waals surface area contributed by atoms with Crippen LogP contribution in [0.1, 0.15) is 11.3 Å². The Morgan fingerprint density at radius 2 is 2.06 bits per heavy atom. The van der Waals surface area contributed by atoms with Crippen molar-refractivity contribution in [3.63, 3.8) is 0 Å². The molecule has 0 saturated heterocycles. The van der Waals surface area contributed by atoms with Gasteiger partial charge in [0.25, 0.3) is 5.56 Å². The number of fused-ring (bicyclic) bond motifs is 1. The highest BCUT2D eigenvalue weighted by atomic mass is 16.1. The summed E-state index contributed by atoms with van der Waals surface area (Å²) in [5.74, 6) is 0.611. The summed E-state index contributed by atoms with van der Waals surface area (Å²) in [5.41, 5.74) is 2.52. The average molecular weight is 228 g/mol. The smallest absolute Gasteiger partial charge is 0.254 e. The van der Waals surface area contributed by atoms with Crippen LogP contribution in [0.5, 0.6) is 0 Å². The Bertz CT molecular complexity index is 591. The van der Waals surface area contributed by atoms with Crippen LogP contribution in [0, 0.1) is 0 Å². The molecule has 1 aliphatic heterocycles. The number of aromatic nitrogens is 3. The first-order valence-electron chi connectivity index (χ1n) is 5.58. The van der Waals surface area contributed by atoms with E-state index < -0.39 is 0 Å². The van der Waals surface area contributed by atoms with E-state index in [1.807, 2.05) is 12.1 Å². The number of hydrogen-bond acceptors (Lipinski definition) is 4. The van der Waals surface area contributed by atoms with Crippen LogP contribution in [-0.2, 0) is 13.0 Å². The fraction of sp³-hybridized carbons (Fsp3) is 0.250. The van der Waals surface area contributed by atoms with Crippen molar-refractivity contribution in [2.24, 2.45) is 0 Å². The van der Waals surface area contributed by atoms with Gasteiger partial charge in [-0.2, -0.15) is 0 Å². The van der Waals surface area contributed by atoms with E-state index >= 15 is 0 Å². The van der Waals surface area contributed by atoms with E-state index in [1.54, 1.807) is 12.4 Å². The van der Waals surface area contributed by atoms with Crippen molar-refractivity contribution < 1.29 is 0 Å². The number of hydrogen-bond donors (Lipinski definition) is 2. The lowest BCUT2D eigenvalue weighted by Gasteiger charge is -2.15. The van der Waals surface area contributed by atoms with E-state index in [1.165, 1.54) is 0 Å². The van der Waals surface area contributed by atoms with Crippen LogP contribution in [0.4, 0.5) is 0 Å². The number of nitrogens with one attached hydrogen (secondary N) is 2. The summed E-state index contributed by atoms with van der Waals surface area (Å²) in [5, 5.41) is 3.22. The van der Waals surface area contributed by atoms with Gasteiger partial charge in [-0.1, -0.05) is 0 Å². The van der Waals surface area contributed by atoms with Crippen molar-refractivity contribution in [1.82, 2.24) is 20.3 Å². The lowest BCUT2D eigenvalue weighted by molar-refractivity contribution is 0.619. The van der Waals surface area contributed by atoms with E-state index in [9.17, 15) is 4.79 Å². The molecule has 86 valence electrons. The molecule has 0 bridgehead atoms. The van der Waals surface area contributed by atoms with Crippen molar-refractivity contribution >= 4 is 0 Å². The lowest BCUT2D eigenvalue weighted by Crippen LogP contribution is -2.31. The lowest BCUT2D eigenvalue weighted by atomic mass is 10.1. The Kier molecular flexibility index (Phi) is 2.45. The third-order valence-electron chi connectivity index (χ3n) is 2.90. The molecule has 3 heterocycles. The highest BCUT2D eigenvalue weighted by molar-refractivity contribution is 5.53. The van der Waals surface area contributed by atoms with Gasteiger partial charge in [-0.15, -0.1) is 0 Å². The van der Waals surface area contributed by atoms with Crippen LogP contribution in [0.25, 0.3) is 11.4 Å². The fourth-order valence-electron chi connectivity index (χ4n) is 2.02. The van der Waals surface area contributed by atoms with Gasteiger partial charge in [0.15, 0.2) is 0 Å². The summed E-state index contributed by atoms with van der Waals surface area (Å²) in [6.07, 6.45) is 4.12. The molecule has 3 rings (SSSR count). The molecule has 5 nitrogen and oxygen atoms in total. The molecule has 17 heavy (non-hydrogen) atoms. The van der Waals surface area contributed by atoms with Crippen LogP contribution >= 0.6 is 0 Å². The van der Waals surface area contributed by atoms with Gasteiger partial charge >= 0.3 is 0 Å². The summed E-state index contributed by atoms with van der Waals surface area (Å²) >= 11 is 0. The maximum atomic E-state index is 11.9. The molecule has 2 aromatic rings. The molecule has 5 heteroatoms. The quantitative estimate of drug-likeness (QED) is 0.744. The summed E-state index contributed by atoms with van der Waals surface area (Å²) < 4.78 is 0. The maximum Gasteiger partial charge on any atom is 0.254 e. The Labute approximate surface area is 97.9 Å². The van der Waals surface area contributed by atoms with Crippen LogP contribution < -0.4 is 10.9 Å². The molecule has 2 aromatic heterocycles. The largest absolute Gasteiger partial charge is 0.311 e. The van der Waals surface area contributed by atoms with E-state index in [2.05, 4.69) is 20.3 Å².